The van der Waals surface area contributed by atoms with Crippen molar-refractivity contribution < 1.29 is 0 Å². The molecule has 0 aromatic heterocycles. The summed E-state index contributed by atoms with van der Waals surface area (Å²) in [6, 6.07) is 5.47. The molecule has 0 unspecified atom stereocenters. The summed E-state index contributed by atoms with van der Waals surface area (Å²) in [7, 11) is 0. The Balaban J connectivity index is 2.61. The summed E-state index contributed by atoms with van der Waals surface area (Å²) < 4.78 is 0. The molecule has 0 saturated heterocycles. The van der Waals surface area contributed by atoms with Crippen molar-refractivity contribution in [3.8, 4) is 0 Å². The molecule has 0 spiro atoms. The number of halogens is 2. The van der Waals surface area contributed by atoms with Gasteiger partial charge < -0.3 is 5.73 Å². The molecule has 0 bridgehead atoms. The van der Waals surface area contributed by atoms with E-state index in [0.717, 1.165) is 18.5 Å². The Morgan fingerprint density at radius 1 is 1.38 bits per heavy atom. The zero-order valence-corrected chi connectivity index (χ0v) is 11.4. The predicted octanol–water partition coefficient (Wildman–Crippen LogP) is 3.95. The van der Waals surface area contributed by atoms with Crippen LogP contribution < -0.4 is 5.73 Å². The lowest BCUT2D eigenvalue weighted by Crippen LogP contribution is -2.07. The van der Waals surface area contributed by atoms with Crippen LogP contribution in [0.25, 0.3) is 0 Å². The molecule has 0 atom stereocenters. The van der Waals surface area contributed by atoms with Crippen molar-refractivity contribution in [3.05, 3.63) is 33.8 Å². The maximum Gasteiger partial charge on any atom is 0.154 e. The normalized spacial score (nSPS) is 11.8. The fraction of sp³-hybridized carbons (Fsp3) is 0.364. The SMILES string of the molecule is CCCN=C(N)SCc1c(Cl)cccc1Cl. The van der Waals surface area contributed by atoms with E-state index in [1.54, 1.807) is 0 Å². The molecule has 0 aliphatic carbocycles. The molecule has 0 aliphatic heterocycles. The monoisotopic (exact) mass is 276 g/mol. The molecule has 0 heterocycles. The van der Waals surface area contributed by atoms with E-state index < -0.39 is 0 Å². The number of aliphatic imine (C=N–C) groups is 1. The fourth-order valence-corrected chi connectivity index (χ4v) is 2.56. The van der Waals surface area contributed by atoms with Gasteiger partial charge in [0.1, 0.15) is 0 Å². The molecule has 2 nitrogen and oxygen atoms in total. The highest BCUT2D eigenvalue weighted by molar-refractivity contribution is 8.13. The molecule has 0 amide bonds. The number of nitrogens with two attached hydrogens (primary N) is 1. The standard InChI is InChI=1S/C11H14Cl2N2S/c1-2-6-15-11(14)16-7-8-9(12)4-3-5-10(8)13/h3-5H,2,6-7H2,1H3,(H2,14,15). The van der Waals surface area contributed by atoms with Gasteiger partial charge in [0.15, 0.2) is 5.17 Å². The zero-order valence-electron chi connectivity index (χ0n) is 9.04. The van der Waals surface area contributed by atoms with E-state index in [9.17, 15) is 0 Å². The summed E-state index contributed by atoms with van der Waals surface area (Å²) in [4.78, 5) is 4.19. The number of hydrogen-bond donors (Lipinski definition) is 1. The lowest BCUT2D eigenvalue weighted by atomic mass is 10.2. The summed E-state index contributed by atoms with van der Waals surface area (Å²) >= 11 is 13.5. The molecule has 0 saturated carbocycles. The Labute approximate surface area is 110 Å². The van der Waals surface area contributed by atoms with Gasteiger partial charge in [-0.05, 0) is 24.1 Å². The summed E-state index contributed by atoms with van der Waals surface area (Å²) in [5, 5.41) is 1.92. The van der Waals surface area contributed by atoms with Gasteiger partial charge in [-0.25, -0.2) is 0 Å². The van der Waals surface area contributed by atoms with Gasteiger partial charge in [0.05, 0.1) is 0 Å². The second-order valence-corrected chi connectivity index (χ2v) is 5.02. The van der Waals surface area contributed by atoms with Crippen molar-refractivity contribution in [1.29, 1.82) is 0 Å². The Morgan fingerprint density at radius 3 is 2.56 bits per heavy atom. The molecule has 2 N–H and O–H groups in total. The average Bonchev–Trinajstić information content (AvgIpc) is 2.25. The highest BCUT2D eigenvalue weighted by atomic mass is 35.5. The van der Waals surface area contributed by atoms with Crippen molar-refractivity contribution in [2.24, 2.45) is 10.7 Å². The minimum atomic E-state index is 0.581. The van der Waals surface area contributed by atoms with Gasteiger partial charge in [-0.2, -0.15) is 0 Å². The first kappa shape index (κ1) is 13.7. The van der Waals surface area contributed by atoms with E-state index in [0.29, 0.717) is 21.0 Å². The molecule has 0 radical (unpaired) electrons. The van der Waals surface area contributed by atoms with Crippen molar-refractivity contribution in [3.63, 3.8) is 0 Å². The number of hydrogen-bond acceptors (Lipinski definition) is 2. The van der Waals surface area contributed by atoms with E-state index in [1.165, 1.54) is 11.8 Å². The first-order valence-electron chi connectivity index (χ1n) is 5.00. The molecule has 16 heavy (non-hydrogen) atoms. The van der Waals surface area contributed by atoms with Crippen LogP contribution in [0.1, 0.15) is 18.9 Å². The van der Waals surface area contributed by atoms with Crippen LogP contribution in [0.2, 0.25) is 10.0 Å². The first-order valence-corrected chi connectivity index (χ1v) is 6.75. The van der Waals surface area contributed by atoms with Crippen LogP contribution in [0.15, 0.2) is 23.2 Å². The van der Waals surface area contributed by atoms with E-state index in [2.05, 4.69) is 11.9 Å². The lowest BCUT2D eigenvalue weighted by molar-refractivity contribution is 0.934. The minimum absolute atomic E-state index is 0.581. The molecule has 1 rings (SSSR count). The number of nitrogens with zero attached hydrogens (tertiary/aromatic N) is 1. The highest BCUT2D eigenvalue weighted by Crippen LogP contribution is 2.28. The third-order valence-corrected chi connectivity index (χ3v) is 3.48. The molecule has 1 aromatic carbocycles. The Hall–Kier alpha value is -0.380. The summed E-state index contributed by atoms with van der Waals surface area (Å²) in [6.45, 7) is 2.82. The minimum Gasteiger partial charge on any atom is -0.379 e. The maximum absolute atomic E-state index is 6.04. The summed E-state index contributed by atoms with van der Waals surface area (Å²) in [5.41, 5.74) is 6.64. The largest absolute Gasteiger partial charge is 0.379 e. The number of thioether (sulfide) groups is 1. The van der Waals surface area contributed by atoms with Crippen LogP contribution in [-0.4, -0.2) is 11.7 Å². The van der Waals surface area contributed by atoms with Crippen LogP contribution in [0.5, 0.6) is 0 Å². The van der Waals surface area contributed by atoms with Crippen LogP contribution in [0.4, 0.5) is 0 Å². The first-order chi connectivity index (χ1) is 7.65. The molecule has 5 heteroatoms. The second-order valence-electron chi connectivity index (χ2n) is 3.21. The second kappa shape index (κ2) is 7.05. The Bertz CT molecular complexity index is 360. The Kier molecular flexibility index (Phi) is 6.03. The number of amidine groups is 1. The smallest absolute Gasteiger partial charge is 0.154 e. The predicted molar refractivity (Wildman–Crippen MR) is 74.5 cm³/mol. The summed E-state index contributed by atoms with van der Waals surface area (Å²) in [5.74, 6) is 0.650. The Morgan fingerprint density at radius 2 is 2.00 bits per heavy atom. The van der Waals surface area contributed by atoms with E-state index in [4.69, 9.17) is 28.9 Å². The fourth-order valence-electron chi connectivity index (χ4n) is 1.08. The van der Waals surface area contributed by atoms with Crippen molar-refractivity contribution in [2.75, 3.05) is 6.54 Å². The van der Waals surface area contributed by atoms with E-state index in [1.807, 2.05) is 18.2 Å². The van der Waals surface area contributed by atoms with Gasteiger partial charge >= 0.3 is 0 Å². The van der Waals surface area contributed by atoms with Gasteiger partial charge in [-0.15, -0.1) is 0 Å². The maximum atomic E-state index is 6.04. The lowest BCUT2D eigenvalue weighted by Gasteiger charge is -2.06. The molecule has 0 aliphatic rings. The molecule has 0 fully saturated rings. The third-order valence-electron chi connectivity index (χ3n) is 1.92. The number of benzene rings is 1. The van der Waals surface area contributed by atoms with Crippen LogP contribution >= 0.6 is 35.0 Å². The van der Waals surface area contributed by atoms with Crippen LogP contribution in [-0.2, 0) is 5.75 Å². The zero-order chi connectivity index (χ0) is 12.0. The van der Waals surface area contributed by atoms with Gasteiger partial charge in [-0.1, -0.05) is 48.0 Å². The van der Waals surface area contributed by atoms with Gasteiger partial charge in [0.2, 0.25) is 0 Å². The van der Waals surface area contributed by atoms with Gasteiger partial charge in [0.25, 0.3) is 0 Å². The molecule has 1 aromatic rings. The quantitative estimate of drug-likeness (QED) is 0.668. The van der Waals surface area contributed by atoms with Crippen molar-refractivity contribution in [1.82, 2.24) is 0 Å². The van der Waals surface area contributed by atoms with E-state index >= 15 is 0 Å². The van der Waals surface area contributed by atoms with Crippen LogP contribution in [0, 0.1) is 0 Å². The summed E-state index contributed by atoms with van der Waals surface area (Å²) in [6.07, 6.45) is 0.994. The average molecular weight is 277 g/mol. The third kappa shape index (κ3) is 4.24. The van der Waals surface area contributed by atoms with Crippen LogP contribution in [0.3, 0.4) is 0 Å². The number of rotatable bonds is 4. The van der Waals surface area contributed by atoms with Gasteiger partial charge in [-0.3, -0.25) is 4.99 Å². The van der Waals surface area contributed by atoms with E-state index in [-0.39, 0.29) is 0 Å². The molecular formula is C11H14Cl2N2S. The topological polar surface area (TPSA) is 38.4 Å². The highest BCUT2D eigenvalue weighted by Gasteiger charge is 2.06. The molecule has 88 valence electrons. The van der Waals surface area contributed by atoms with Crippen molar-refractivity contribution in [2.45, 2.75) is 19.1 Å². The van der Waals surface area contributed by atoms with Gasteiger partial charge in [0, 0.05) is 22.3 Å². The van der Waals surface area contributed by atoms with Crippen molar-refractivity contribution >= 4 is 40.1 Å². The molecular weight excluding hydrogens is 263 g/mol.